The van der Waals surface area contributed by atoms with Gasteiger partial charge in [0.2, 0.25) is 0 Å². The fraction of sp³-hybridized carbons (Fsp3) is 0.619. The van der Waals surface area contributed by atoms with E-state index in [9.17, 15) is 0 Å². The molecule has 1 aromatic carbocycles. The highest BCUT2D eigenvalue weighted by molar-refractivity contribution is 5.15. The summed E-state index contributed by atoms with van der Waals surface area (Å²) < 4.78 is 2.32. The van der Waals surface area contributed by atoms with E-state index in [4.69, 9.17) is 5.73 Å². The summed E-state index contributed by atoms with van der Waals surface area (Å²) in [6.07, 6.45) is 3.24. The first-order chi connectivity index (χ1) is 13.2. The van der Waals surface area contributed by atoms with Crippen molar-refractivity contribution < 1.29 is 0 Å². The Kier molecular flexibility index (Phi) is 5.86. The summed E-state index contributed by atoms with van der Waals surface area (Å²) in [5.41, 5.74) is 7.39. The van der Waals surface area contributed by atoms with Crippen molar-refractivity contribution in [3.63, 3.8) is 0 Å². The van der Waals surface area contributed by atoms with Crippen LogP contribution in [0.2, 0.25) is 0 Å². The van der Waals surface area contributed by atoms with Gasteiger partial charge in [0.1, 0.15) is 11.6 Å². The molecule has 146 valence electrons. The predicted molar refractivity (Wildman–Crippen MR) is 108 cm³/mol. The van der Waals surface area contributed by atoms with Gasteiger partial charge in [-0.1, -0.05) is 30.3 Å². The number of rotatable bonds is 7. The minimum absolute atomic E-state index is 0.351. The van der Waals surface area contributed by atoms with Gasteiger partial charge in [-0.05, 0) is 31.7 Å². The first-order valence-electron chi connectivity index (χ1n) is 10.4. The van der Waals surface area contributed by atoms with Gasteiger partial charge >= 0.3 is 0 Å². The van der Waals surface area contributed by atoms with Gasteiger partial charge in [0.05, 0.1) is 6.54 Å². The number of piperazine rings is 1. The van der Waals surface area contributed by atoms with E-state index in [1.165, 1.54) is 5.56 Å². The molecule has 1 aliphatic carbocycles. The molecule has 27 heavy (non-hydrogen) atoms. The molecule has 1 aliphatic heterocycles. The normalized spacial score (nSPS) is 24.1. The second kappa shape index (κ2) is 8.50. The summed E-state index contributed by atoms with van der Waals surface area (Å²) in [6, 6.07) is 11.1. The van der Waals surface area contributed by atoms with Crippen LogP contribution in [0.4, 0.5) is 0 Å². The molecular formula is C21H32N6. The highest BCUT2D eigenvalue weighted by Crippen LogP contribution is 2.34. The van der Waals surface area contributed by atoms with Crippen LogP contribution < -0.4 is 5.73 Å². The number of nitrogens with two attached hydrogens (primary N) is 1. The summed E-state index contributed by atoms with van der Waals surface area (Å²) in [4.78, 5) is 5.10. The molecule has 0 unspecified atom stereocenters. The number of benzene rings is 1. The molecule has 1 saturated carbocycles. The Labute approximate surface area is 162 Å². The van der Waals surface area contributed by atoms with Gasteiger partial charge in [0, 0.05) is 51.2 Å². The average Bonchev–Trinajstić information content (AvgIpc) is 3.07. The van der Waals surface area contributed by atoms with Crippen molar-refractivity contribution in [2.24, 2.45) is 5.73 Å². The van der Waals surface area contributed by atoms with E-state index < -0.39 is 0 Å². The van der Waals surface area contributed by atoms with Gasteiger partial charge < -0.3 is 15.2 Å². The summed E-state index contributed by atoms with van der Waals surface area (Å²) >= 11 is 0. The van der Waals surface area contributed by atoms with E-state index in [1.807, 2.05) is 0 Å². The van der Waals surface area contributed by atoms with Crippen LogP contribution in [0.5, 0.6) is 0 Å². The van der Waals surface area contributed by atoms with Gasteiger partial charge in [0.25, 0.3) is 0 Å². The summed E-state index contributed by atoms with van der Waals surface area (Å²) in [5, 5.41) is 9.03. The fourth-order valence-electron chi connectivity index (χ4n) is 4.29. The van der Waals surface area contributed by atoms with Crippen LogP contribution >= 0.6 is 0 Å². The number of nitrogens with zero attached hydrogens (tertiary/aromatic N) is 5. The van der Waals surface area contributed by atoms with E-state index >= 15 is 0 Å². The lowest BCUT2D eigenvalue weighted by Gasteiger charge is -2.34. The lowest BCUT2D eigenvalue weighted by Crippen LogP contribution is -2.46. The van der Waals surface area contributed by atoms with Crippen LogP contribution in [0.1, 0.15) is 42.9 Å². The Morgan fingerprint density at radius 1 is 1.00 bits per heavy atom. The van der Waals surface area contributed by atoms with Crippen molar-refractivity contribution in [3.05, 3.63) is 47.5 Å². The van der Waals surface area contributed by atoms with Crippen molar-refractivity contribution in [1.29, 1.82) is 0 Å². The van der Waals surface area contributed by atoms with Crippen LogP contribution in [-0.4, -0.2) is 63.3 Å². The smallest absolute Gasteiger partial charge is 0.147 e. The molecule has 0 amide bonds. The minimum atomic E-state index is 0.351. The summed E-state index contributed by atoms with van der Waals surface area (Å²) in [7, 11) is 0. The second-order valence-corrected chi connectivity index (χ2v) is 8.00. The fourth-order valence-corrected chi connectivity index (χ4v) is 4.29. The lowest BCUT2D eigenvalue weighted by atomic mass is 9.80. The van der Waals surface area contributed by atoms with Crippen LogP contribution in [0.3, 0.4) is 0 Å². The maximum atomic E-state index is 5.96. The zero-order chi connectivity index (χ0) is 18.6. The lowest BCUT2D eigenvalue weighted by molar-refractivity contribution is 0.124. The van der Waals surface area contributed by atoms with Gasteiger partial charge in [-0.15, -0.1) is 10.2 Å². The predicted octanol–water partition coefficient (Wildman–Crippen LogP) is 1.86. The van der Waals surface area contributed by atoms with Crippen molar-refractivity contribution >= 4 is 0 Å². The molecule has 0 atom stereocenters. The summed E-state index contributed by atoms with van der Waals surface area (Å²) in [6.45, 7) is 9.68. The van der Waals surface area contributed by atoms with Crippen LogP contribution in [0.15, 0.2) is 30.3 Å². The van der Waals surface area contributed by atoms with Crippen LogP contribution in [0.25, 0.3) is 0 Å². The van der Waals surface area contributed by atoms with Crippen LogP contribution in [0, 0.1) is 0 Å². The van der Waals surface area contributed by atoms with Crippen molar-refractivity contribution in [2.45, 2.75) is 51.2 Å². The molecule has 2 heterocycles. The quantitative estimate of drug-likeness (QED) is 0.808. The molecule has 0 bridgehead atoms. The number of aromatic nitrogens is 3. The van der Waals surface area contributed by atoms with E-state index in [-0.39, 0.29) is 0 Å². The van der Waals surface area contributed by atoms with Gasteiger partial charge in [-0.2, -0.15) is 0 Å². The number of hydrogen-bond acceptors (Lipinski definition) is 5. The van der Waals surface area contributed by atoms with Gasteiger partial charge in [-0.25, -0.2) is 0 Å². The molecule has 1 saturated heterocycles. The van der Waals surface area contributed by atoms with E-state index in [2.05, 4.69) is 61.8 Å². The third-order valence-electron chi connectivity index (χ3n) is 6.10. The Morgan fingerprint density at radius 2 is 1.70 bits per heavy atom. The SMILES string of the molecule is CCn1c(CN2CCN(CCc3ccccc3)CC2)nnc1C1CC(N)C1. The van der Waals surface area contributed by atoms with E-state index in [0.717, 1.165) is 76.7 Å². The van der Waals surface area contributed by atoms with E-state index in [1.54, 1.807) is 0 Å². The zero-order valence-corrected chi connectivity index (χ0v) is 16.4. The number of hydrogen-bond donors (Lipinski definition) is 1. The molecule has 2 aliphatic rings. The zero-order valence-electron chi connectivity index (χ0n) is 16.4. The highest BCUT2D eigenvalue weighted by Gasteiger charge is 2.32. The van der Waals surface area contributed by atoms with Crippen molar-refractivity contribution in [2.75, 3.05) is 32.7 Å². The maximum Gasteiger partial charge on any atom is 0.147 e. The van der Waals surface area contributed by atoms with Crippen LogP contribution in [-0.2, 0) is 19.5 Å². The third kappa shape index (κ3) is 4.39. The largest absolute Gasteiger partial charge is 0.328 e. The molecule has 6 nitrogen and oxygen atoms in total. The molecule has 2 aromatic rings. The molecule has 4 rings (SSSR count). The molecular weight excluding hydrogens is 336 g/mol. The van der Waals surface area contributed by atoms with Gasteiger partial charge in [-0.3, -0.25) is 4.90 Å². The standard InChI is InChI=1S/C21H32N6/c1-2-27-20(23-24-21(27)18-14-19(22)15-18)16-26-12-10-25(11-13-26)9-8-17-6-4-3-5-7-17/h3-7,18-19H,2,8-16,22H2,1H3. The maximum absolute atomic E-state index is 5.96. The second-order valence-electron chi connectivity index (χ2n) is 8.00. The Morgan fingerprint density at radius 3 is 2.37 bits per heavy atom. The van der Waals surface area contributed by atoms with E-state index in [0.29, 0.717) is 12.0 Å². The average molecular weight is 369 g/mol. The third-order valence-corrected chi connectivity index (χ3v) is 6.10. The van der Waals surface area contributed by atoms with Gasteiger partial charge in [0.15, 0.2) is 0 Å². The topological polar surface area (TPSA) is 63.2 Å². The molecule has 0 radical (unpaired) electrons. The Bertz CT molecular complexity index is 714. The first-order valence-corrected chi connectivity index (χ1v) is 10.4. The first kappa shape index (κ1) is 18.6. The Hall–Kier alpha value is -1.76. The Balaban J connectivity index is 1.27. The van der Waals surface area contributed by atoms with Crippen molar-refractivity contribution in [1.82, 2.24) is 24.6 Å². The molecule has 6 heteroatoms. The molecule has 2 fully saturated rings. The minimum Gasteiger partial charge on any atom is -0.328 e. The monoisotopic (exact) mass is 368 g/mol. The van der Waals surface area contributed by atoms with Crippen molar-refractivity contribution in [3.8, 4) is 0 Å². The summed E-state index contributed by atoms with van der Waals surface area (Å²) in [5.74, 6) is 2.78. The molecule has 2 N–H and O–H groups in total. The molecule has 1 aromatic heterocycles. The molecule has 0 spiro atoms. The highest BCUT2D eigenvalue weighted by atomic mass is 15.3.